The van der Waals surface area contributed by atoms with E-state index in [9.17, 15) is 4.79 Å². The predicted octanol–water partition coefficient (Wildman–Crippen LogP) is 2.39. The highest BCUT2D eigenvalue weighted by atomic mass is 16.5. The molecule has 0 atom stereocenters. The molecular formula is C18H22N2O2. The van der Waals surface area contributed by atoms with E-state index < -0.39 is 0 Å². The fourth-order valence-electron chi connectivity index (χ4n) is 2.28. The maximum absolute atomic E-state index is 11.5. The Hall–Kier alpha value is -2.33. The number of hydrogen-bond acceptors (Lipinski definition) is 3. The van der Waals surface area contributed by atoms with Gasteiger partial charge in [0.1, 0.15) is 5.75 Å². The van der Waals surface area contributed by atoms with Crippen molar-refractivity contribution in [1.82, 2.24) is 10.6 Å². The van der Waals surface area contributed by atoms with Gasteiger partial charge in [0.15, 0.2) is 0 Å². The minimum atomic E-state index is -0.0596. The van der Waals surface area contributed by atoms with Crippen LogP contribution in [0.2, 0.25) is 0 Å². The smallest absolute Gasteiger partial charge is 0.251 e. The van der Waals surface area contributed by atoms with E-state index in [1.165, 1.54) is 5.56 Å². The molecule has 0 aliphatic rings. The molecule has 2 rings (SSSR count). The minimum absolute atomic E-state index is 0.0596. The number of carbonyl (C=O) groups is 1. The minimum Gasteiger partial charge on any atom is -0.496 e. The highest BCUT2D eigenvalue weighted by Crippen LogP contribution is 2.17. The molecule has 0 aliphatic carbocycles. The van der Waals surface area contributed by atoms with Gasteiger partial charge in [0.2, 0.25) is 0 Å². The van der Waals surface area contributed by atoms with E-state index in [-0.39, 0.29) is 5.91 Å². The van der Waals surface area contributed by atoms with Crippen LogP contribution >= 0.6 is 0 Å². The van der Waals surface area contributed by atoms with Gasteiger partial charge in [-0.05, 0) is 42.3 Å². The van der Waals surface area contributed by atoms with E-state index in [0.29, 0.717) is 5.56 Å². The van der Waals surface area contributed by atoms with E-state index in [1.54, 1.807) is 14.2 Å². The molecule has 0 spiro atoms. The van der Waals surface area contributed by atoms with Crippen molar-refractivity contribution in [3.8, 4) is 5.75 Å². The Morgan fingerprint density at radius 1 is 1.09 bits per heavy atom. The monoisotopic (exact) mass is 298 g/mol. The number of ether oxygens (including phenoxy) is 1. The van der Waals surface area contributed by atoms with Crippen molar-refractivity contribution in [2.75, 3.05) is 20.7 Å². The second kappa shape index (κ2) is 8.20. The topological polar surface area (TPSA) is 50.4 Å². The highest BCUT2D eigenvalue weighted by molar-refractivity contribution is 5.93. The maximum Gasteiger partial charge on any atom is 0.251 e. The van der Waals surface area contributed by atoms with Crippen LogP contribution in [0.25, 0.3) is 0 Å². The number of para-hydroxylation sites is 1. The molecule has 0 fully saturated rings. The fraction of sp³-hybridized carbons (Fsp3) is 0.278. The van der Waals surface area contributed by atoms with Gasteiger partial charge < -0.3 is 15.4 Å². The molecule has 4 nitrogen and oxygen atoms in total. The molecule has 0 saturated carbocycles. The first-order valence-electron chi connectivity index (χ1n) is 7.38. The van der Waals surface area contributed by atoms with E-state index in [1.807, 2.05) is 42.5 Å². The summed E-state index contributed by atoms with van der Waals surface area (Å²) >= 11 is 0. The van der Waals surface area contributed by atoms with Crippen LogP contribution in [0.3, 0.4) is 0 Å². The Morgan fingerprint density at radius 2 is 1.82 bits per heavy atom. The zero-order chi connectivity index (χ0) is 15.8. The maximum atomic E-state index is 11.5. The van der Waals surface area contributed by atoms with Crippen LogP contribution in [0.1, 0.15) is 21.5 Å². The summed E-state index contributed by atoms with van der Waals surface area (Å²) < 4.78 is 5.34. The molecule has 0 aliphatic heterocycles. The summed E-state index contributed by atoms with van der Waals surface area (Å²) in [6.07, 6.45) is 0.917. The Morgan fingerprint density at radius 3 is 2.50 bits per heavy atom. The lowest BCUT2D eigenvalue weighted by Gasteiger charge is -2.09. The summed E-state index contributed by atoms with van der Waals surface area (Å²) in [5.74, 6) is 0.870. The van der Waals surface area contributed by atoms with Crippen LogP contribution in [0.4, 0.5) is 0 Å². The average Bonchev–Trinajstić information content (AvgIpc) is 2.59. The van der Waals surface area contributed by atoms with Crippen molar-refractivity contribution in [3.63, 3.8) is 0 Å². The van der Waals surface area contributed by atoms with E-state index in [2.05, 4.69) is 16.7 Å². The van der Waals surface area contributed by atoms with Crippen LogP contribution in [0, 0.1) is 0 Å². The molecule has 22 heavy (non-hydrogen) atoms. The summed E-state index contributed by atoms with van der Waals surface area (Å²) in [7, 11) is 3.33. The number of benzene rings is 2. The Labute approximate surface area is 131 Å². The lowest BCUT2D eigenvalue weighted by Crippen LogP contribution is -2.18. The number of methoxy groups -OCH3 is 1. The van der Waals surface area contributed by atoms with Gasteiger partial charge in [-0.2, -0.15) is 0 Å². The zero-order valence-corrected chi connectivity index (χ0v) is 13.1. The molecule has 0 bridgehead atoms. The van der Waals surface area contributed by atoms with Crippen molar-refractivity contribution in [1.29, 1.82) is 0 Å². The second-order valence-electron chi connectivity index (χ2n) is 5.01. The van der Waals surface area contributed by atoms with Gasteiger partial charge in [0.25, 0.3) is 5.91 Å². The molecule has 0 aromatic heterocycles. The molecule has 2 aromatic carbocycles. The first kappa shape index (κ1) is 16.0. The molecule has 2 N–H and O–H groups in total. The van der Waals surface area contributed by atoms with Crippen molar-refractivity contribution in [3.05, 3.63) is 65.2 Å². The highest BCUT2D eigenvalue weighted by Gasteiger charge is 2.03. The van der Waals surface area contributed by atoms with Crippen molar-refractivity contribution >= 4 is 5.91 Å². The summed E-state index contributed by atoms with van der Waals surface area (Å²) in [4.78, 5) is 11.5. The standard InChI is InChI=1S/C18H22N2O2/c1-19-18(21)16-9-7-14(8-10-16)13-20-12-11-15-5-3-4-6-17(15)22-2/h3-10,20H,11-13H2,1-2H3,(H,19,21). The number of nitrogens with one attached hydrogen (secondary N) is 2. The predicted molar refractivity (Wildman–Crippen MR) is 88.2 cm³/mol. The number of rotatable bonds is 7. The molecular weight excluding hydrogens is 276 g/mol. The van der Waals surface area contributed by atoms with Gasteiger partial charge >= 0.3 is 0 Å². The molecule has 4 heteroatoms. The van der Waals surface area contributed by atoms with Crippen LogP contribution in [-0.4, -0.2) is 26.6 Å². The van der Waals surface area contributed by atoms with Crippen LogP contribution in [-0.2, 0) is 13.0 Å². The molecule has 0 saturated heterocycles. The van der Waals surface area contributed by atoms with Crippen molar-refractivity contribution in [2.24, 2.45) is 0 Å². The SMILES string of the molecule is CNC(=O)c1ccc(CNCCc2ccccc2OC)cc1. The summed E-state index contributed by atoms with van der Waals surface area (Å²) in [5.41, 5.74) is 3.04. The molecule has 116 valence electrons. The van der Waals surface area contributed by atoms with E-state index in [4.69, 9.17) is 4.74 Å². The van der Waals surface area contributed by atoms with Gasteiger partial charge in [-0.25, -0.2) is 0 Å². The van der Waals surface area contributed by atoms with Gasteiger partial charge in [-0.1, -0.05) is 30.3 Å². The normalized spacial score (nSPS) is 10.3. The van der Waals surface area contributed by atoms with E-state index >= 15 is 0 Å². The molecule has 2 aromatic rings. The van der Waals surface area contributed by atoms with Crippen LogP contribution < -0.4 is 15.4 Å². The van der Waals surface area contributed by atoms with Gasteiger partial charge in [-0.15, -0.1) is 0 Å². The zero-order valence-electron chi connectivity index (χ0n) is 13.1. The molecule has 0 radical (unpaired) electrons. The van der Waals surface area contributed by atoms with Crippen molar-refractivity contribution in [2.45, 2.75) is 13.0 Å². The van der Waals surface area contributed by atoms with Gasteiger partial charge in [0.05, 0.1) is 7.11 Å². The van der Waals surface area contributed by atoms with Gasteiger partial charge in [0, 0.05) is 19.2 Å². The first-order chi connectivity index (χ1) is 10.7. The molecule has 0 unspecified atom stereocenters. The average molecular weight is 298 g/mol. The van der Waals surface area contributed by atoms with Crippen LogP contribution in [0.15, 0.2) is 48.5 Å². The van der Waals surface area contributed by atoms with Gasteiger partial charge in [-0.3, -0.25) is 4.79 Å². The molecule has 1 amide bonds. The third kappa shape index (κ3) is 4.33. The number of amides is 1. The number of hydrogen-bond donors (Lipinski definition) is 2. The second-order valence-corrected chi connectivity index (χ2v) is 5.01. The first-order valence-corrected chi connectivity index (χ1v) is 7.38. The third-order valence-electron chi connectivity index (χ3n) is 3.54. The quantitative estimate of drug-likeness (QED) is 0.772. The summed E-state index contributed by atoms with van der Waals surface area (Å²) in [6, 6.07) is 15.7. The van der Waals surface area contributed by atoms with Crippen molar-refractivity contribution < 1.29 is 9.53 Å². The fourth-order valence-corrected chi connectivity index (χ4v) is 2.28. The number of carbonyl (C=O) groups excluding carboxylic acids is 1. The summed E-state index contributed by atoms with van der Waals surface area (Å²) in [5, 5.41) is 6.02. The Balaban J connectivity index is 1.80. The van der Waals surface area contributed by atoms with E-state index in [0.717, 1.165) is 30.8 Å². The lowest BCUT2D eigenvalue weighted by atomic mass is 10.1. The third-order valence-corrected chi connectivity index (χ3v) is 3.54. The van der Waals surface area contributed by atoms with Crippen LogP contribution in [0.5, 0.6) is 5.75 Å². The Bertz CT molecular complexity index is 609. The summed E-state index contributed by atoms with van der Waals surface area (Å²) in [6.45, 7) is 1.65. The Kier molecular flexibility index (Phi) is 5.98. The lowest BCUT2D eigenvalue weighted by molar-refractivity contribution is 0.0963. The molecule has 0 heterocycles. The largest absolute Gasteiger partial charge is 0.496 e.